The number of hydrogen-bond acceptors (Lipinski definition) is 4. The van der Waals surface area contributed by atoms with E-state index in [0.717, 1.165) is 39.1 Å². The zero-order chi connectivity index (χ0) is 24.9. The second-order valence-corrected chi connectivity index (χ2v) is 8.93. The van der Waals surface area contributed by atoms with E-state index in [1.807, 2.05) is 68.4 Å². The molecule has 4 aromatic rings. The predicted molar refractivity (Wildman–Crippen MR) is 139 cm³/mol. The quantitative estimate of drug-likeness (QED) is 0.166. The number of pyridine rings is 1. The topological polar surface area (TPSA) is 82.8 Å². The van der Waals surface area contributed by atoms with Gasteiger partial charge in [-0.05, 0) is 78.1 Å². The lowest BCUT2D eigenvalue weighted by Crippen LogP contribution is -2.12. The fourth-order valence-corrected chi connectivity index (χ4v) is 4.51. The third-order valence-electron chi connectivity index (χ3n) is 6.13. The highest BCUT2D eigenvalue weighted by Crippen LogP contribution is 2.34. The van der Waals surface area contributed by atoms with Crippen molar-refractivity contribution in [3.63, 3.8) is 0 Å². The lowest BCUT2D eigenvalue weighted by Gasteiger charge is -2.21. The molecule has 0 bridgehead atoms. The molecule has 5 nitrogen and oxygen atoms in total. The number of halogens is 1. The summed E-state index contributed by atoms with van der Waals surface area (Å²) in [5.74, 6) is -1.02. The summed E-state index contributed by atoms with van der Waals surface area (Å²) in [6.45, 7) is 3.93. The molecular weight excluding hydrogens is 460 g/mol. The molecule has 1 aromatic heterocycles. The van der Waals surface area contributed by atoms with Crippen molar-refractivity contribution in [1.29, 1.82) is 0 Å². The number of aryl methyl sites for hydroxylation is 2. The Labute approximate surface area is 209 Å². The molecule has 0 aliphatic rings. The normalized spacial score (nSPS) is 12.4. The summed E-state index contributed by atoms with van der Waals surface area (Å²) in [5.41, 5.74) is 7.64. The van der Waals surface area contributed by atoms with Gasteiger partial charge < -0.3 is 10.3 Å². The summed E-state index contributed by atoms with van der Waals surface area (Å²) in [4.78, 5) is 15.4. The van der Waals surface area contributed by atoms with Crippen LogP contribution in [0.25, 0.3) is 11.1 Å². The first-order valence-electron chi connectivity index (χ1n) is 11.2. The Kier molecular flexibility index (Phi) is 7.28. The van der Waals surface area contributed by atoms with Gasteiger partial charge in [0.05, 0.1) is 11.3 Å². The van der Waals surface area contributed by atoms with Crippen LogP contribution in [0.15, 0.2) is 90.2 Å². The molecule has 35 heavy (non-hydrogen) atoms. The van der Waals surface area contributed by atoms with Crippen molar-refractivity contribution in [2.75, 3.05) is 0 Å². The van der Waals surface area contributed by atoms with Crippen molar-refractivity contribution in [1.82, 2.24) is 4.98 Å². The molecule has 0 fully saturated rings. The van der Waals surface area contributed by atoms with Crippen molar-refractivity contribution in [3.05, 3.63) is 124 Å². The van der Waals surface area contributed by atoms with Gasteiger partial charge >= 0.3 is 5.97 Å². The Morgan fingerprint density at radius 2 is 1.57 bits per heavy atom. The molecular formula is C29H25ClN2O3. The smallest absolute Gasteiger partial charge is 0.335 e. The van der Waals surface area contributed by atoms with E-state index in [1.165, 1.54) is 0 Å². The summed E-state index contributed by atoms with van der Waals surface area (Å²) < 4.78 is 0. The maximum absolute atomic E-state index is 11.1. The number of benzene rings is 3. The Bertz CT molecular complexity index is 1380. The fourth-order valence-electron chi connectivity index (χ4n) is 4.29. The van der Waals surface area contributed by atoms with Crippen LogP contribution < -0.4 is 0 Å². The molecule has 0 aliphatic heterocycles. The van der Waals surface area contributed by atoms with Crippen LogP contribution in [-0.2, 0) is 0 Å². The summed E-state index contributed by atoms with van der Waals surface area (Å²) in [5, 5.41) is 23.3. The monoisotopic (exact) mass is 484 g/mol. The number of hydrogen-bond donors (Lipinski definition) is 2. The first-order valence-corrected chi connectivity index (χ1v) is 11.6. The van der Waals surface area contributed by atoms with Crippen LogP contribution in [0.3, 0.4) is 0 Å². The number of carboxylic acids is 1. The van der Waals surface area contributed by atoms with Gasteiger partial charge in [-0.3, -0.25) is 4.98 Å². The number of aromatic carboxylic acids is 1. The van der Waals surface area contributed by atoms with E-state index in [1.54, 1.807) is 18.3 Å². The Morgan fingerprint density at radius 1 is 0.914 bits per heavy atom. The lowest BCUT2D eigenvalue weighted by atomic mass is 9.83. The largest absolute Gasteiger partial charge is 0.478 e. The van der Waals surface area contributed by atoms with Crippen LogP contribution in [0.2, 0.25) is 5.02 Å². The molecule has 176 valence electrons. The van der Waals surface area contributed by atoms with Gasteiger partial charge in [0.2, 0.25) is 0 Å². The third-order valence-corrected chi connectivity index (χ3v) is 6.37. The standard InChI is InChI=1S/C29H25ClN2O3/c1-18-15-25(30)11-12-26(18)27(17-28(32-35)24-13-14-31-19(2)16-24)22-7-3-20(4-8-22)21-5-9-23(10-6-21)29(33)34/h3-16,27,35H,17H2,1-2H3,(H,33,34)/b32-28-. The first kappa shape index (κ1) is 24.2. The Morgan fingerprint density at radius 3 is 2.14 bits per heavy atom. The second-order valence-electron chi connectivity index (χ2n) is 8.49. The van der Waals surface area contributed by atoms with Gasteiger partial charge in [-0.2, -0.15) is 0 Å². The zero-order valence-electron chi connectivity index (χ0n) is 19.4. The SMILES string of the molecule is Cc1cc(/C(CC(c2ccc(-c3ccc(C(=O)O)cc3)cc2)c2ccc(Cl)cc2C)=N\O)ccn1. The molecule has 6 heteroatoms. The first-order chi connectivity index (χ1) is 16.9. The van der Waals surface area contributed by atoms with Gasteiger partial charge in [-0.1, -0.05) is 59.2 Å². The van der Waals surface area contributed by atoms with Crippen LogP contribution in [0.4, 0.5) is 0 Å². The van der Waals surface area contributed by atoms with E-state index < -0.39 is 5.97 Å². The van der Waals surface area contributed by atoms with E-state index in [4.69, 9.17) is 16.7 Å². The van der Waals surface area contributed by atoms with Crippen LogP contribution in [0.5, 0.6) is 0 Å². The molecule has 0 saturated carbocycles. The van der Waals surface area contributed by atoms with Crippen LogP contribution in [-0.4, -0.2) is 27.0 Å². The lowest BCUT2D eigenvalue weighted by molar-refractivity contribution is 0.0697. The minimum Gasteiger partial charge on any atom is -0.478 e. The third kappa shape index (κ3) is 5.58. The van der Waals surface area contributed by atoms with Crippen molar-refractivity contribution in [2.45, 2.75) is 26.2 Å². The Hall–Kier alpha value is -3.96. The van der Waals surface area contributed by atoms with E-state index in [0.29, 0.717) is 17.2 Å². The number of carbonyl (C=O) groups is 1. The highest BCUT2D eigenvalue weighted by atomic mass is 35.5. The highest BCUT2D eigenvalue weighted by Gasteiger charge is 2.21. The van der Waals surface area contributed by atoms with Gasteiger partial charge in [0.25, 0.3) is 0 Å². The number of rotatable bonds is 7. The van der Waals surface area contributed by atoms with Crippen molar-refractivity contribution in [2.24, 2.45) is 5.16 Å². The minimum atomic E-state index is -0.946. The van der Waals surface area contributed by atoms with Crippen LogP contribution in [0.1, 0.15) is 50.6 Å². The van der Waals surface area contributed by atoms with Gasteiger partial charge in [0, 0.05) is 34.8 Å². The van der Waals surface area contributed by atoms with E-state index >= 15 is 0 Å². The maximum Gasteiger partial charge on any atom is 0.335 e. The predicted octanol–water partition coefficient (Wildman–Crippen LogP) is 7.12. The van der Waals surface area contributed by atoms with E-state index in [2.05, 4.69) is 22.3 Å². The number of oxime groups is 1. The number of aromatic nitrogens is 1. The molecule has 0 amide bonds. The summed E-state index contributed by atoms with van der Waals surface area (Å²) >= 11 is 6.23. The van der Waals surface area contributed by atoms with Gasteiger partial charge in [0.15, 0.2) is 0 Å². The van der Waals surface area contributed by atoms with Crippen molar-refractivity contribution >= 4 is 23.3 Å². The number of carboxylic acid groups (broad SMARTS) is 1. The van der Waals surface area contributed by atoms with Crippen LogP contribution >= 0.6 is 11.6 Å². The van der Waals surface area contributed by atoms with Gasteiger partial charge in [-0.15, -0.1) is 0 Å². The minimum absolute atomic E-state index is 0.0740. The maximum atomic E-state index is 11.1. The molecule has 3 aromatic carbocycles. The molecule has 1 atom stereocenters. The molecule has 1 unspecified atom stereocenters. The van der Waals surface area contributed by atoms with Crippen molar-refractivity contribution < 1.29 is 15.1 Å². The van der Waals surface area contributed by atoms with Gasteiger partial charge in [-0.25, -0.2) is 4.79 Å². The molecule has 0 radical (unpaired) electrons. The zero-order valence-corrected chi connectivity index (χ0v) is 20.2. The molecule has 2 N–H and O–H groups in total. The molecule has 0 aliphatic carbocycles. The Balaban J connectivity index is 1.71. The molecule has 4 rings (SSSR count). The molecule has 0 spiro atoms. The summed E-state index contributed by atoms with van der Waals surface area (Å²) in [6.07, 6.45) is 2.19. The second kappa shape index (κ2) is 10.5. The van der Waals surface area contributed by atoms with E-state index in [9.17, 15) is 10.0 Å². The molecule has 0 saturated heterocycles. The summed E-state index contributed by atoms with van der Waals surface area (Å²) in [6, 6.07) is 24.6. The highest BCUT2D eigenvalue weighted by molar-refractivity contribution is 6.30. The molecule has 1 heterocycles. The van der Waals surface area contributed by atoms with Gasteiger partial charge in [0.1, 0.15) is 0 Å². The average molecular weight is 485 g/mol. The van der Waals surface area contributed by atoms with E-state index in [-0.39, 0.29) is 11.5 Å². The summed E-state index contributed by atoms with van der Waals surface area (Å²) in [7, 11) is 0. The van der Waals surface area contributed by atoms with Crippen LogP contribution in [0, 0.1) is 13.8 Å². The number of nitrogens with zero attached hydrogens (tertiary/aromatic N) is 2. The average Bonchev–Trinajstić information content (AvgIpc) is 2.86. The fraction of sp³-hybridized carbons (Fsp3) is 0.138. The van der Waals surface area contributed by atoms with Crippen molar-refractivity contribution in [3.8, 4) is 11.1 Å².